The molecule has 1 saturated carbocycles. The van der Waals surface area contributed by atoms with Crippen molar-refractivity contribution in [2.45, 2.75) is 31.5 Å². The highest BCUT2D eigenvalue weighted by Crippen LogP contribution is 2.20. The van der Waals surface area contributed by atoms with Crippen LogP contribution in [0.2, 0.25) is 0 Å². The number of benzene rings is 2. The van der Waals surface area contributed by atoms with Crippen molar-refractivity contribution in [2.75, 3.05) is 13.2 Å². The molecule has 1 aliphatic rings. The lowest BCUT2D eigenvalue weighted by molar-refractivity contribution is 0.125. The summed E-state index contributed by atoms with van der Waals surface area (Å²) in [5.41, 5.74) is 0.990. The second-order valence-corrected chi connectivity index (χ2v) is 6.19. The van der Waals surface area contributed by atoms with Crippen LogP contribution < -0.4 is 15.4 Å². The minimum Gasteiger partial charge on any atom is -0.492 e. The van der Waals surface area contributed by atoms with Gasteiger partial charge in [-0.2, -0.15) is 0 Å². The van der Waals surface area contributed by atoms with Crippen molar-refractivity contribution < 1.29 is 14.3 Å². The van der Waals surface area contributed by atoms with Gasteiger partial charge >= 0.3 is 6.09 Å². The molecule has 5 heteroatoms. The number of carbonyl (C=O) groups excluding carboxylic acids is 1. The zero-order chi connectivity index (χ0) is 17.3. The lowest BCUT2D eigenvalue weighted by atomic mass is 9.87. The predicted molar refractivity (Wildman–Crippen MR) is 96.5 cm³/mol. The molecule has 0 aromatic heterocycles. The van der Waals surface area contributed by atoms with E-state index in [-0.39, 0.29) is 12.1 Å². The topological polar surface area (TPSA) is 59.6 Å². The third kappa shape index (κ3) is 5.80. The van der Waals surface area contributed by atoms with Gasteiger partial charge < -0.3 is 20.1 Å². The maximum absolute atomic E-state index is 11.8. The second-order valence-electron chi connectivity index (χ2n) is 6.19. The van der Waals surface area contributed by atoms with Gasteiger partial charge in [-0.05, 0) is 30.5 Å². The standard InChI is InChI=1S/C20H24N2O3/c23-20(25-15-16-7-3-1-4-8-16)22-18-13-17(14-18)21-11-12-24-19-9-5-2-6-10-19/h1-10,17-18,21H,11-15H2,(H,22,23). The van der Waals surface area contributed by atoms with Crippen LogP contribution in [0.3, 0.4) is 0 Å². The highest BCUT2D eigenvalue weighted by Gasteiger charge is 2.30. The Balaban J connectivity index is 1.22. The van der Waals surface area contributed by atoms with Crippen molar-refractivity contribution in [1.29, 1.82) is 0 Å². The lowest BCUT2D eigenvalue weighted by Gasteiger charge is -2.36. The SMILES string of the molecule is O=C(NC1CC(NCCOc2ccccc2)C1)OCc1ccccc1. The van der Waals surface area contributed by atoms with Crippen molar-refractivity contribution in [3.05, 3.63) is 66.2 Å². The molecule has 132 valence electrons. The van der Waals surface area contributed by atoms with Crippen LogP contribution >= 0.6 is 0 Å². The molecular formula is C20H24N2O3. The highest BCUT2D eigenvalue weighted by molar-refractivity contribution is 5.67. The van der Waals surface area contributed by atoms with E-state index in [2.05, 4.69) is 10.6 Å². The number of hydrogen-bond donors (Lipinski definition) is 2. The fourth-order valence-corrected chi connectivity index (χ4v) is 2.78. The van der Waals surface area contributed by atoms with Gasteiger partial charge in [0.15, 0.2) is 0 Å². The Labute approximate surface area is 148 Å². The Morgan fingerprint density at radius 2 is 1.64 bits per heavy atom. The molecule has 0 atom stereocenters. The molecule has 1 aliphatic carbocycles. The van der Waals surface area contributed by atoms with Crippen LogP contribution in [-0.2, 0) is 11.3 Å². The maximum Gasteiger partial charge on any atom is 0.407 e. The summed E-state index contributed by atoms with van der Waals surface area (Å²) < 4.78 is 10.9. The Bertz CT molecular complexity index is 643. The van der Waals surface area contributed by atoms with Gasteiger partial charge in [-0.15, -0.1) is 0 Å². The van der Waals surface area contributed by atoms with E-state index in [0.29, 0.717) is 19.3 Å². The summed E-state index contributed by atoms with van der Waals surface area (Å²) in [6.07, 6.45) is 1.50. The Morgan fingerprint density at radius 3 is 2.36 bits per heavy atom. The molecule has 0 saturated heterocycles. The lowest BCUT2D eigenvalue weighted by Crippen LogP contribution is -2.53. The summed E-state index contributed by atoms with van der Waals surface area (Å²) in [5, 5.41) is 6.33. The number of hydrogen-bond acceptors (Lipinski definition) is 4. The molecule has 0 bridgehead atoms. The number of ether oxygens (including phenoxy) is 2. The minimum atomic E-state index is -0.347. The first-order chi connectivity index (χ1) is 12.3. The zero-order valence-electron chi connectivity index (χ0n) is 14.2. The first-order valence-electron chi connectivity index (χ1n) is 8.68. The van der Waals surface area contributed by atoms with Gasteiger partial charge in [0.25, 0.3) is 0 Å². The molecule has 0 radical (unpaired) electrons. The van der Waals surface area contributed by atoms with E-state index < -0.39 is 0 Å². The van der Waals surface area contributed by atoms with E-state index >= 15 is 0 Å². The smallest absolute Gasteiger partial charge is 0.407 e. The van der Waals surface area contributed by atoms with Crippen LogP contribution in [0.4, 0.5) is 4.79 Å². The summed E-state index contributed by atoms with van der Waals surface area (Å²) in [4.78, 5) is 11.8. The Morgan fingerprint density at radius 1 is 0.960 bits per heavy atom. The number of alkyl carbamates (subject to hydrolysis) is 1. The summed E-state index contributed by atoms with van der Waals surface area (Å²) in [7, 11) is 0. The van der Waals surface area contributed by atoms with Gasteiger partial charge in [-0.25, -0.2) is 4.79 Å². The maximum atomic E-state index is 11.8. The Kier molecular flexibility index (Phi) is 6.29. The zero-order valence-corrected chi connectivity index (χ0v) is 14.2. The van der Waals surface area contributed by atoms with Crippen LogP contribution in [0, 0.1) is 0 Å². The molecule has 3 rings (SSSR count). The summed E-state index contributed by atoms with van der Waals surface area (Å²) in [6.45, 7) is 1.74. The molecule has 25 heavy (non-hydrogen) atoms. The molecule has 0 unspecified atom stereocenters. The van der Waals surface area contributed by atoms with Crippen LogP contribution in [0.1, 0.15) is 18.4 Å². The number of rotatable bonds is 8. The highest BCUT2D eigenvalue weighted by atomic mass is 16.5. The number of amides is 1. The van der Waals surface area contributed by atoms with Crippen molar-refractivity contribution in [2.24, 2.45) is 0 Å². The first kappa shape index (κ1) is 17.3. The van der Waals surface area contributed by atoms with Crippen LogP contribution in [0.25, 0.3) is 0 Å². The van der Waals surface area contributed by atoms with Crippen molar-refractivity contribution >= 4 is 6.09 Å². The summed E-state index contributed by atoms with van der Waals surface area (Å²) >= 11 is 0. The van der Waals surface area contributed by atoms with Gasteiger partial charge in [0.1, 0.15) is 19.0 Å². The number of carbonyl (C=O) groups is 1. The van der Waals surface area contributed by atoms with Crippen molar-refractivity contribution in [3.63, 3.8) is 0 Å². The third-order valence-electron chi connectivity index (χ3n) is 4.22. The average Bonchev–Trinajstić information content (AvgIpc) is 2.62. The molecule has 5 nitrogen and oxygen atoms in total. The molecule has 2 N–H and O–H groups in total. The van der Waals surface area contributed by atoms with Gasteiger partial charge in [-0.1, -0.05) is 48.5 Å². The van der Waals surface area contributed by atoms with E-state index in [0.717, 1.165) is 30.7 Å². The van der Waals surface area contributed by atoms with Crippen molar-refractivity contribution in [1.82, 2.24) is 10.6 Å². The Hall–Kier alpha value is -2.53. The van der Waals surface area contributed by atoms with Gasteiger partial charge in [-0.3, -0.25) is 0 Å². The van der Waals surface area contributed by atoms with Crippen LogP contribution in [0.15, 0.2) is 60.7 Å². The molecule has 2 aromatic rings. The number of para-hydroxylation sites is 1. The molecule has 1 fully saturated rings. The largest absolute Gasteiger partial charge is 0.492 e. The van der Waals surface area contributed by atoms with Crippen LogP contribution in [-0.4, -0.2) is 31.3 Å². The van der Waals surface area contributed by atoms with E-state index in [1.54, 1.807) is 0 Å². The molecular weight excluding hydrogens is 316 g/mol. The van der Waals surface area contributed by atoms with Gasteiger partial charge in [0.2, 0.25) is 0 Å². The van der Waals surface area contributed by atoms with Crippen LogP contribution in [0.5, 0.6) is 5.75 Å². The van der Waals surface area contributed by atoms with E-state index in [1.165, 1.54) is 0 Å². The molecule has 0 heterocycles. The van der Waals surface area contributed by atoms with Crippen molar-refractivity contribution in [3.8, 4) is 5.75 Å². The van der Waals surface area contributed by atoms with E-state index in [4.69, 9.17) is 9.47 Å². The monoisotopic (exact) mass is 340 g/mol. The van der Waals surface area contributed by atoms with Gasteiger partial charge in [0.05, 0.1) is 0 Å². The minimum absolute atomic E-state index is 0.191. The number of nitrogens with one attached hydrogen (secondary N) is 2. The molecule has 1 amide bonds. The fraction of sp³-hybridized carbons (Fsp3) is 0.350. The fourth-order valence-electron chi connectivity index (χ4n) is 2.78. The van der Waals surface area contributed by atoms with E-state index in [1.807, 2.05) is 60.7 Å². The average molecular weight is 340 g/mol. The van der Waals surface area contributed by atoms with Gasteiger partial charge in [0, 0.05) is 18.6 Å². The normalized spacial score (nSPS) is 18.9. The summed E-state index contributed by atoms with van der Waals surface area (Å²) in [5.74, 6) is 0.888. The van der Waals surface area contributed by atoms with E-state index in [9.17, 15) is 4.79 Å². The second kappa shape index (κ2) is 9.08. The molecule has 0 spiro atoms. The predicted octanol–water partition coefficient (Wildman–Crippen LogP) is 3.11. The summed E-state index contributed by atoms with van der Waals surface area (Å²) in [6, 6.07) is 20.1. The third-order valence-corrected chi connectivity index (χ3v) is 4.22. The molecule has 0 aliphatic heterocycles. The quantitative estimate of drug-likeness (QED) is 0.725. The molecule has 2 aromatic carbocycles. The first-order valence-corrected chi connectivity index (χ1v) is 8.68.